The minimum atomic E-state index is -0.239. The number of hydrogen-bond donors (Lipinski definition) is 0. The molecule has 86 heavy (non-hydrogen) atoms. The van der Waals surface area contributed by atoms with Crippen molar-refractivity contribution in [1.82, 2.24) is 24.9 Å². The molecule has 1 aliphatic carbocycles. The van der Waals surface area contributed by atoms with Crippen LogP contribution in [0.15, 0.2) is 322 Å². The summed E-state index contributed by atoms with van der Waals surface area (Å²) in [4.78, 5) is 22.5. The molecule has 1 fully saturated rings. The van der Waals surface area contributed by atoms with E-state index in [1.807, 2.05) is 182 Å². The Morgan fingerprint density at radius 1 is 0.337 bits per heavy atom. The molecule has 9 aromatic carbocycles. The lowest BCUT2D eigenvalue weighted by Gasteiger charge is -2.21. The Morgan fingerprint density at radius 3 is 1.33 bits per heavy atom. The first kappa shape index (κ1) is 56.8. The molecular formula is C79H61FN6. The number of benzene rings is 9. The summed E-state index contributed by atoms with van der Waals surface area (Å²) in [7, 11) is 0. The van der Waals surface area contributed by atoms with Crippen LogP contribution in [-0.2, 0) is 0 Å². The molecule has 0 amide bonds. The molecule has 5 aromatic heterocycles. The van der Waals surface area contributed by atoms with Crippen molar-refractivity contribution in [1.29, 1.82) is 5.26 Å². The van der Waals surface area contributed by atoms with Crippen molar-refractivity contribution >= 4 is 32.3 Å². The molecule has 0 bridgehead atoms. The average molecular weight is 1110 g/mol. The number of rotatable bonds is 7. The van der Waals surface area contributed by atoms with Crippen molar-refractivity contribution in [2.75, 3.05) is 0 Å². The van der Waals surface area contributed by atoms with Gasteiger partial charge in [-0.2, -0.15) is 5.26 Å². The van der Waals surface area contributed by atoms with Gasteiger partial charge in [-0.3, -0.25) is 19.9 Å². The molecule has 2 atom stereocenters. The topological polar surface area (TPSA) is 88.2 Å². The predicted octanol–water partition coefficient (Wildman–Crippen LogP) is 20.3. The zero-order chi connectivity index (χ0) is 58.5. The fraction of sp³-hybridized carbons (Fsp3) is 0.0633. The van der Waals surface area contributed by atoms with Gasteiger partial charge in [-0.05, 0) is 107 Å². The maximum Gasteiger partial charge on any atom is 0.123 e. The van der Waals surface area contributed by atoms with E-state index < -0.39 is 0 Å². The largest absolute Gasteiger partial charge is 0.260 e. The monoisotopic (exact) mass is 1110 g/mol. The van der Waals surface area contributed by atoms with Crippen LogP contribution in [0.5, 0.6) is 0 Å². The van der Waals surface area contributed by atoms with Crippen LogP contribution in [-0.4, -0.2) is 24.9 Å². The smallest absolute Gasteiger partial charge is 0.123 e. The molecule has 0 radical (unpaired) electrons. The Labute approximate surface area is 502 Å². The molecule has 0 N–H and O–H groups in total. The number of halogens is 1. The molecule has 1 saturated carbocycles. The molecule has 5 heterocycles. The van der Waals surface area contributed by atoms with E-state index in [1.165, 1.54) is 58.8 Å². The summed E-state index contributed by atoms with van der Waals surface area (Å²) in [6, 6.07) is 101. The highest BCUT2D eigenvalue weighted by Gasteiger charge is 2.31. The van der Waals surface area contributed by atoms with Gasteiger partial charge in [0.1, 0.15) is 5.82 Å². The molecule has 0 aliphatic heterocycles. The highest BCUT2D eigenvalue weighted by molar-refractivity contribution is 5.95. The fourth-order valence-corrected chi connectivity index (χ4v) is 11.0. The Bertz CT molecular complexity index is 4360. The van der Waals surface area contributed by atoms with Gasteiger partial charge < -0.3 is 0 Å². The lowest BCUT2D eigenvalue weighted by Crippen LogP contribution is -2.07. The average Bonchev–Trinajstić information content (AvgIpc) is 3.17. The van der Waals surface area contributed by atoms with Crippen molar-refractivity contribution in [3.8, 4) is 62.4 Å². The lowest BCUT2D eigenvalue weighted by molar-refractivity contribution is 0.612. The first-order valence-corrected chi connectivity index (χ1v) is 28.9. The number of fused-ring (bicyclic) bond motifs is 3. The predicted molar refractivity (Wildman–Crippen MR) is 351 cm³/mol. The maximum atomic E-state index is 13.2. The molecule has 2 unspecified atom stereocenters. The summed E-state index contributed by atoms with van der Waals surface area (Å²) >= 11 is 0. The third-order valence-electron chi connectivity index (χ3n) is 15.2. The number of pyridine rings is 5. The first-order valence-electron chi connectivity index (χ1n) is 28.9. The molecule has 7 heteroatoms. The summed E-state index contributed by atoms with van der Waals surface area (Å²) in [6.45, 7) is 0. The highest BCUT2D eigenvalue weighted by Crippen LogP contribution is 2.47. The molecule has 15 rings (SSSR count). The van der Waals surface area contributed by atoms with Gasteiger partial charge in [-0.1, -0.05) is 237 Å². The normalized spacial score (nSPS) is 13.0. The van der Waals surface area contributed by atoms with E-state index in [0.29, 0.717) is 17.4 Å². The van der Waals surface area contributed by atoms with Gasteiger partial charge >= 0.3 is 0 Å². The fourth-order valence-electron chi connectivity index (χ4n) is 11.0. The second-order valence-corrected chi connectivity index (χ2v) is 20.7. The zero-order valence-electron chi connectivity index (χ0n) is 47.4. The van der Waals surface area contributed by atoms with Crippen molar-refractivity contribution < 1.29 is 4.39 Å². The lowest BCUT2D eigenvalue weighted by atomic mass is 9.85. The van der Waals surface area contributed by atoms with Crippen LogP contribution in [0.4, 0.5) is 4.39 Å². The van der Waals surface area contributed by atoms with Gasteiger partial charge in [-0.25, -0.2) is 9.37 Å². The number of nitrogens with zero attached hydrogens (tertiary/aromatic N) is 6. The Morgan fingerprint density at radius 2 is 0.779 bits per heavy atom. The van der Waals surface area contributed by atoms with Crippen molar-refractivity contribution in [3.63, 3.8) is 0 Å². The summed E-state index contributed by atoms with van der Waals surface area (Å²) < 4.78 is 13.2. The third-order valence-corrected chi connectivity index (χ3v) is 15.2. The van der Waals surface area contributed by atoms with Crippen molar-refractivity contribution in [2.24, 2.45) is 0 Å². The Balaban J connectivity index is 0.000000113. The van der Waals surface area contributed by atoms with Crippen molar-refractivity contribution in [2.45, 2.75) is 31.1 Å². The molecule has 1 aliphatic rings. The molecule has 414 valence electrons. The van der Waals surface area contributed by atoms with Gasteiger partial charge in [0.2, 0.25) is 0 Å². The minimum absolute atomic E-state index is 0.239. The Kier molecular flexibility index (Phi) is 19.0. The summed E-state index contributed by atoms with van der Waals surface area (Å²) in [5.41, 5.74) is 13.6. The van der Waals surface area contributed by atoms with Crippen LogP contribution in [0.2, 0.25) is 0 Å². The van der Waals surface area contributed by atoms with Crippen LogP contribution in [0, 0.1) is 17.1 Å². The third kappa shape index (κ3) is 14.4. The number of nitriles is 1. The SMILES string of the molecule is Fc1cccc(-c2nccc3ccccc23)c1.N#Cc1ccc(-c2nccc3ccccc23)cc1.c1ccc(-c2cccc(-c3ccccc3)n2)cc1.c1ccc(-c2ccccn2)cc1.c1ccc(C2CCCC2c2nccc3ccccc23)cc1. The van der Waals surface area contributed by atoms with E-state index >= 15 is 0 Å². The number of hydrogen-bond acceptors (Lipinski definition) is 6. The highest BCUT2D eigenvalue weighted by atomic mass is 19.1. The maximum absolute atomic E-state index is 13.2. The van der Waals surface area contributed by atoms with Gasteiger partial charge in [0, 0.05) is 74.7 Å². The van der Waals surface area contributed by atoms with E-state index in [1.54, 1.807) is 12.3 Å². The van der Waals surface area contributed by atoms with Crippen LogP contribution in [0.1, 0.15) is 47.9 Å². The van der Waals surface area contributed by atoms with Crippen LogP contribution in [0.25, 0.3) is 88.6 Å². The van der Waals surface area contributed by atoms with Gasteiger partial charge in [0.25, 0.3) is 0 Å². The second-order valence-electron chi connectivity index (χ2n) is 20.7. The number of aromatic nitrogens is 5. The molecule has 0 spiro atoms. The zero-order valence-corrected chi connectivity index (χ0v) is 47.4. The van der Waals surface area contributed by atoms with Gasteiger partial charge in [0.05, 0.1) is 45.8 Å². The van der Waals surface area contributed by atoms with Crippen LogP contribution < -0.4 is 0 Å². The minimum Gasteiger partial charge on any atom is -0.260 e. The van der Waals surface area contributed by atoms with E-state index in [-0.39, 0.29) is 5.82 Å². The van der Waals surface area contributed by atoms with E-state index in [9.17, 15) is 4.39 Å². The molecule has 0 saturated heterocycles. The molecule has 14 aromatic rings. The van der Waals surface area contributed by atoms with E-state index in [4.69, 9.17) is 15.2 Å². The second kappa shape index (κ2) is 28.8. The summed E-state index contributed by atoms with van der Waals surface area (Å²) in [5.74, 6) is 0.931. The summed E-state index contributed by atoms with van der Waals surface area (Å²) in [6.07, 6.45) is 11.2. The van der Waals surface area contributed by atoms with E-state index in [0.717, 1.165) is 72.4 Å². The molecule has 6 nitrogen and oxygen atoms in total. The standard InChI is InChI=1S/C20H19N.C17H13N.C16H10N2.C15H10FN.C11H9N/c1-2-7-15(8-3-1)17-11-6-12-19(17)20-18-10-5-4-9-16(18)13-14-21-20;1-3-8-14(9-4-1)16-12-7-13-17(18-16)15-10-5-2-6-11-15;17-11-12-5-7-14(8-6-12)16-15-4-2-1-3-13(15)9-10-18-16;16-13-6-3-5-12(10-13)15-14-7-2-1-4-11(14)8-9-17-15;1-2-6-10(7-3-1)11-8-4-5-9-12-11/h1-5,7-10,13-14,17,19H,6,11-12H2;1-13H;1-10H;1-10H;1-9H. The van der Waals surface area contributed by atoms with Crippen LogP contribution >= 0.6 is 0 Å². The van der Waals surface area contributed by atoms with Gasteiger partial charge in [-0.15, -0.1) is 0 Å². The van der Waals surface area contributed by atoms with Crippen molar-refractivity contribution in [3.05, 3.63) is 345 Å². The molecular weight excluding hydrogens is 1050 g/mol. The summed E-state index contributed by atoms with van der Waals surface area (Å²) in [5, 5.41) is 15.9. The van der Waals surface area contributed by atoms with Gasteiger partial charge in [0.15, 0.2) is 0 Å². The van der Waals surface area contributed by atoms with E-state index in [2.05, 4.69) is 136 Å². The quantitative estimate of drug-likeness (QED) is 0.158. The first-order chi connectivity index (χ1) is 42.6. The Hall–Kier alpha value is -11.1. The van der Waals surface area contributed by atoms with Crippen LogP contribution in [0.3, 0.4) is 0 Å².